The van der Waals surface area contributed by atoms with Gasteiger partial charge in [0.1, 0.15) is 11.9 Å². The lowest BCUT2D eigenvalue weighted by molar-refractivity contribution is -0.128. The minimum atomic E-state index is -0.334. The summed E-state index contributed by atoms with van der Waals surface area (Å²) in [7, 11) is 0. The maximum absolute atomic E-state index is 12.3. The van der Waals surface area contributed by atoms with E-state index in [2.05, 4.69) is 0 Å². The third kappa shape index (κ3) is 2.68. The number of halogens is 1. The zero-order valence-corrected chi connectivity index (χ0v) is 12.0. The highest BCUT2D eigenvalue weighted by Gasteiger charge is 2.30. The van der Waals surface area contributed by atoms with Gasteiger partial charge in [-0.05, 0) is 30.5 Å². The molecule has 20 heavy (non-hydrogen) atoms. The van der Waals surface area contributed by atoms with Gasteiger partial charge in [-0.3, -0.25) is 4.79 Å². The first-order valence-electron chi connectivity index (χ1n) is 6.99. The molecule has 0 aromatic heterocycles. The third-order valence-corrected chi connectivity index (χ3v) is 4.14. The zero-order valence-electron chi connectivity index (χ0n) is 11.2. The van der Waals surface area contributed by atoms with E-state index in [0.29, 0.717) is 24.6 Å². The lowest BCUT2D eigenvalue weighted by Crippen LogP contribution is -2.26. The number of hydrogen-bond donors (Lipinski definition) is 1. The summed E-state index contributed by atoms with van der Waals surface area (Å²) >= 11 is 6.10. The van der Waals surface area contributed by atoms with Crippen LogP contribution in [0.3, 0.4) is 0 Å². The quantitative estimate of drug-likeness (QED) is 0.921. The van der Waals surface area contributed by atoms with Crippen molar-refractivity contribution in [3.05, 3.63) is 28.3 Å². The molecule has 0 aliphatic carbocycles. The molecule has 1 aromatic rings. The van der Waals surface area contributed by atoms with Crippen LogP contribution in [0.4, 0.5) is 0 Å². The highest BCUT2D eigenvalue weighted by Crippen LogP contribution is 2.34. The molecule has 1 aromatic carbocycles. The van der Waals surface area contributed by atoms with E-state index in [9.17, 15) is 4.79 Å². The normalized spacial score (nSPS) is 24.5. The Kier molecular flexibility index (Phi) is 3.96. The lowest BCUT2D eigenvalue weighted by atomic mass is 10.00. The third-order valence-electron chi connectivity index (χ3n) is 3.92. The number of benzene rings is 1. The summed E-state index contributed by atoms with van der Waals surface area (Å²) in [6.45, 7) is 1.13. The number of carbonyl (C=O) groups is 1. The Labute approximate surface area is 123 Å². The number of Topliss-reactive ketones (excluding diaryl/α,β-unsaturated/α-hetero) is 1. The van der Waals surface area contributed by atoms with Gasteiger partial charge in [0.2, 0.25) is 0 Å². The molecule has 5 heteroatoms. The van der Waals surface area contributed by atoms with E-state index < -0.39 is 0 Å². The molecule has 1 fully saturated rings. The van der Waals surface area contributed by atoms with Gasteiger partial charge in [0.15, 0.2) is 5.78 Å². The van der Waals surface area contributed by atoms with E-state index in [1.54, 1.807) is 0 Å². The molecule has 2 unspecified atom stereocenters. The van der Waals surface area contributed by atoms with E-state index in [1.165, 1.54) is 0 Å². The SMILES string of the molecule is NCC1CCC(C(=O)Cc2cc(Cl)cc3c2OCC3)O1. The largest absolute Gasteiger partial charge is 0.493 e. The second-order valence-electron chi connectivity index (χ2n) is 5.35. The monoisotopic (exact) mass is 295 g/mol. The number of ketones is 1. The highest BCUT2D eigenvalue weighted by molar-refractivity contribution is 6.30. The number of carbonyl (C=O) groups excluding carboxylic acids is 1. The van der Waals surface area contributed by atoms with Crippen LogP contribution in [0.25, 0.3) is 0 Å². The molecule has 2 atom stereocenters. The average Bonchev–Trinajstić information content (AvgIpc) is 3.06. The first-order valence-corrected chi connectivity index (χ1v) is 7.37. The van der Waals surface area contributed by atoms with Crippen LogP contribution in [0.2, 0.25) is 5.02 Å². The van der Waals surface area contributed by atoms with Gasteiger partial charge in [-0.2, -0.15) is 0 Å². The maximum atomic E-state index is 12.3. The summed E-state index contributed by atoms with van der Waals surface area (Å²) in [6, 6.07) is 3.73. The summed E-state index contributed by atoms with van der Waals surface area (Å²) < 4.78 is 11.3. The first kappa shape index (κ1) is 13.9. The van der Waals surface area contributed by atoms with Crippen LogP contribution in [-0.2, 0) is 22.4 Å². The van der Waals surface area contributed by atoms with Crippen molar-refractivity contribution in [1.29, 1.82) is 0 Å². The van der Waals surface area contributed by atoms with Gasteiger partial charge in [0.25, 0.3) is 0 Å². The van der Waals surface area contributed by atoms with Crippen molar-refractivity contribution in [2.45, 2.75) is 37.9 Å². The highest BCUT2D eigenvalue weighted by atomic mass is 35.5. The first-order chi connectivity index (χ1) is 9.67. The fourth-order valence-electron chi connectivity index (χ4n) is 2.89. The van der Waals surface area contributed by atoms with Crippen molar-refractivity contribution in [3.8, 4) is 5.75 Å². The number of fused-ring (bicyclic) bond motifs is 1. The molecule has 2 heterocycles. The summed E-state index contributed by atoms with van der Waals surface area (Å²) in [5.41, 5.74) is 7.53. The smallest absolute Gasteiger partial charge is 0.166 e. The number of rotatable bonds is 4. The molecular weight excluding hydrogens is 278 g/mol. The van der Waals surface area contributed by atoms with Gasteiger partial charge in [0.05, 0.1) is 12.7 Å². The maximum Gasteiger partial charge on any atom is 0.166 e. The predicted octanol–water partition coefficient (Wildman–Crippen LogP) is 1.89. The van der Waals surface area contributed by atoms with E-state index in [-0.39, 0.29) is 18.0 Å². The Balaban J connectivity index is 1.74. The second kappa shape index (κ2) is 5.72. The van der Waals surface area contributed by atoms with Crippen LogP contribution < -0.4 is 10.5 Å². The molecule has 0 saturated carbocycles. The number of ether oxygens (including phenoxy) is 2. The van der Waals surface area contributed by atoms with Gasteiger partial charge < -0.3 is 15.2 Å². The topological polar surface area (TPSA) is 61.6 Å². The van der Waals surface area contributed by atoms with E-state index in [0.717, 1.165) is 36.1 Å². The van der Waals surface area contributed by atoms with Crippen molar-refractivity contribution >= 4 is 17.4 Å². The molecule has 0 spiro atoms. The van der Waals surface area contributed by atoms with Crippen LogP contribution in [-0.4, -0.2) is 31.1 Å². The Morgan fingerprint density at radius 1 is 1.40 bits per heavy atom. The van der Waals surface area contributed by atoms with Gasteiger partial charge in [-0.25, -0.2) is 0 Å². The molecule has 0 radical (unpaired) electrons. The minimum absolute atomic E-state index is 0.0188. The van der Waals surface area contributed by atoms with Crippen molar-refractivity contribution in [2.24, 2.45) is 5.73 Å². The van der Waals surface area contributed by atoms with Crippen LogP contribution >= 0.6 is 11.6 Å². The minimum Gasteiger partial charge on any atom is -0.493 e. The predicted molar refractivity (Wildman–Crippen MR) is 76.3 cm³/mol. The molecule has 108 valence electrons. The van der Waals surface area contributed by atoms with Gasteiger partial charge in [-0.1, -0.05) is 11.6 Å². The van der Waals surface area contributed by atoms with Gasteiger partial charge in [-0.15, -0.1) is 0 Å². The van der Waals surface area contributed by atoms with Crippen molar-refractivity contribution in [1.82, 2.24) is 0 Å². The Morgan fingerprint density at radius 2 is 2.25 bits per heavy atom. The molecule has 1 saturated heterocycles. The van der Waals surface area contributed by atoms with Crippen LogP contribution in [0.15, 0.2) is 12.1 Å². The zero-order chi connectivity index (χ0) is 14.1. The molecule has 0 bridgehead atoms. The Bertz CT molecular complexity index is 532. The Morgan fingerprint density at radius 3 is 3.00 bits per heavy atom. The van der Waals surface area contributed by atoms with Crippen molar-refractivity contribution < 1.29 is 14.3 Å². The van der Waals surface area contributed by atoms with E-state index in [1.807, 2.05) is 12.1 Å². The van der Waals surface area contributed by atoms with Crippen molar-refractivity contribution in [3.63, 3.8) is 0 Å². The van der Waals surface area contributed by atoms with Crippen LogP contribution in [0.1, 0.15) is 24.0 Å². The average molecular weight is 296 g/mol. The van der Waals surface area contributed by atoms with Crippen molar-refractivity contribution in [2.75, 3.05) is 13.2 Å². The Hall–Kier alpha value is -1.10. The number of hydrogen-bond acceptors (Lipinski definition) is 4. The number of nitrogens with two attached hydrogens (primary N) is 1. The molecule has 3 rings (SSSR count). The standard InChI is InChI=1S/C15H18ClNO3/c16-11-5-9-3-4-19-15(9)10(6-11)7-13(18)14-2-1-12(8-17)20-14/h5-6,12,14H,1-4,7-8,17H2. The molecule has 2 N–H and O–H groups in total. The lowest BCUT2D eigenvalue weighted by Gasteiger charge is -2.13. The fourth-order valence-corrected chi connectivity index (χ4v) is 3.16. The summed E-state index contributed by atoms with van der Waals surface area (Å²) in [4.78, 5) is 12.3. The van der Waals surface area contributed by atoms with Crippen LogP contribution in [0.5, 0.6) is 5.75 Å². The summed E-state index contributed by atoms with van der Waals surface area (Å²) in [5.74, 6) is 0.914. The fraction of sp³-hybridized carbons (Fsp3) is 0.533. The van der Waals surface area contributed by atoms with Crippen LogP contribution in [0, 0.1) is 0 Å². The van der Waals surface area contributed by atoms with Gasteiger partial charge >= 0.3 is 0 Å². The molecule has 0 amide bonds. The molecule has 2 aliphatic heterocycles. The second-order valence-corrected chi connectivity index (χ2v) is 5.79. The summed E-state index contributed by atoms with van der Waals surface area (Å²) in [5, 5.41) is 0.657. The molecular formula is C15H18ClNO3. The molecule has 2 aliphatic rings. The molecule has 4 nitrogen and oxygen atoms in total. The van der Waals surface area contributed by atoms with Gasteiger partial charge in [0, 0.05) is 30.0 Å². The summed E-state index contributed by atoms with van der Waals surface area (Å²) in [6.07, 6.45) is 2.46. The van der Waals surface area contributed by atoms with E-state index >= 15 is 0 Å². The van der Waals surface area contributed by atoms with E-state index in [4.69, 9.17) is 26.8 Å².